The number of hydrogen-bond donors (Lipinski definition) is 2. The van der Waals surface area contributed by atoms with E-state index < -0.39 is 0 Å². The zero-order valence-electron chi connectivity index (χ0n) is 13.4. The van der Waals surface area contributed by atoms with Gasteiger partial charge in [0, 0.05) is 37.6 Å². The van der Waals surface area contributed by atoms with Crippen molar-refractivity contribution in [2.24, 2.45) is 5.92 Å². The van der Waals surface area contributed by atoms with Crippen molar-refractivity contribution in [1.82, 2.24) is 15.2 Å². The Bertz CT molecular complexity index is 690. The molecule has 0 spiro atoms. The zero-order chi connectivity index (χ0) is 16.9. The highest BCUT2D eigenvalue weighted by Crippen LogP contribution is 2.38. The first-order valence-corrected chi connectivity index (χ1v) is 8.76. The molecule has 1 saturated heterocycles. The van der Waals surface area contributed by atoms with Gasteiger partial charge < -0.3 is 15.5 Å². The summed E-state index contributed by atoms with van der Waals surface area (Å²) in [5.41, 5.74) is 0. The van der Waals surface area contributed by atoms with Crippen LogP contribution in [0.2, 0.25) is 0 Å². The molecule has 126 valence electrons. The Hall–Kier alpha value is -2.41. The number of amides is 2. The maximum Gasteiger partial charge on any atom is 0.226 e. The number of pyridine rings is 1. The second-order valence-corrected chi connectivity index (χ2v) is 6.69. The molecule has 0 bridgehead atoms. The average Bonchev–Trinajstić information content (AvgIpc) is 3.21. The molecule has 3 heterocycles. The van der Waals surface area contributed by atoms with Crippen LogP contribution in [0.25, 0.3) is 0 Å². The maximum atomic E-state index is 12.5. The van der Waals surface area contributed by atoms with Crippen LogP contribution in [0.5, 0.6) is 0 Å². The highest BCUT2D eigenvalue weighted by molar-refractivity contribution is 7.10. The van der Waals surface area contributed by atoms with Gasteiger partial charge >= 0.3 is 0 Å². The third-order valence-corrected chi connectivity index (χ3v) is 5.10. The Balaban J connectivity index is 1.54. The van der Waals surface area contributed by atoms with Crippen molar-refractivity contribution in [2.45, 2.75) is 12.5 Å². The van der Waals surface area contributed by atoms with E-state index in [1.807, 2.05) is 35.7 Å². The topological polar surface area (TPSA) is 74.3 Å². The van der Waals surface area contributed by atoms with Gasteiger partial charge in [0.1, 0.15) is 5.82 Å². The lowest BCUT2D eigenvalue weighted by Crippen LogP contribution is -2.36. The van der Waals surface area contributed by atoms with E-state index in [4.69, 9.17) is 0 Å². The van der Waals surface area contributed by atoms with Crippen molar-refractivity contribution in [1.29, 1.82) is 0 Å². The van der Waals surface area contributed by atoms with E-state index in [0.29, 0.717) is 13.1 Å². The lowest BCUT2D eigenvalue weighted by atomic mass is 9.98. The van der Waals surface area contributed by atoms with Gasteiger partial charge in [-0.25, -0.2) is 4.98 Å². The molecule has 0 saturated carbocycles. The highest BCUT2D eigenvalue weighted by Gasteiger charge is 2.42. The number of nitrogens with one attached hydrogen (secondary N) is 2. The Morgan fingerprint density at radius 2 is 2.21 bits per heavy atom. The third kappa shape index (κ3) is 3.56. The largest absolute Gasteiger partial charge is 0.368 e. The van der Waals surface area contributed by atoms with E-state index in [9.17, 15) is 9.59 Å². The fourth-order valence-corrected chi connectivity index (χ4v) is 3.86. The second-order valence-electron chi connectivity index (χ2n) is 5.71. The highest BCUT2D eigenvalue weighted by atomic mass is 32.1. The van der Waals surface area contributed by atoms with Gasteiger partial charge in [-0.2, -0.15) is 0 Å². The molecule has 2 atom stereocenters. The Morgan fingerprint density at radius 1 is 1.33 bits per heavy atom. The fraction of sp³-hybridized carbons (Fsp3) is 0.353. The first kappa shape index (κ1) is 16.4. The van der Waals surface area contributed by atoms with E-state index in [-0.39, 0.29) is 30.2 Å². The normalized spacial score (nSPS) is 20.2. The molecular formula is C17H20N4O2S. The molecule has 7 heteroatoms. The van der Waals surface area contributed by atoms with Gasteiger partial charge in [-0.3, -0.25) is 9.59 Å². The van der Waals surface area contributed by atoms with Crippen LogP contribution in [0.15, 0.2) is 41.9 Å². The quantitative estimate of drug-likeness (QED) is 0.785. The number of carbonyl (C=O) groups is 2. The van der Waals surface area contributed by atoms with Crippen molar-refractivity contribution < 1.29 is 9.59 Å². The van der Waals surface area contributed by atoms with Crippen LogP contribution in [0, 0.1) is 5.92 Å². The van der Waals surface area contributed by atoms with Crippen LogP contribution in [-0.2, 0) is 9.59 Å². The van der Waals surface area contributed by atoms with Crippen LogP contribution < -0.4 is 10.6 Å². The predicted octanol–water partition coefficient (Wildman–Crippen LogP) is 1.89. The third-order valence-electron chi connectivity index (χ3n) is 4.15. The Kier molecular flexibility index (Phi) is 5.10. The molecule has 3 rings (SSSR count). The molecule has 24 heavy (non-hydrogen) atoms. The molecule has 2 aromatic rings. The number of likely N-dealkylation sites (tertiary alicyclic amines) is 1. The molecule has 1 aliphatic heterocycles. The number of carbonyl (C=O) groups excluding carboxylic acids is 2. The lowest BCUT2D eigenvalue weighted by Gasteiger charge is -2.23. The summed E-state index contributed by atoms with van der Waals surface area (Å²) in [7, 11) is 1.77. The number of rotatable bonds is 6. The molecule has 2 aromatic heterocycles. The molecular weight excluding hydrogens is 324 g/mol. The van der Waals surface area contributed by atoms with Gasteiger partial charge in [0.2, 0.25) is 11.8 Å². The Morgan fingerprint density at radius 3 is 2.92 bits per heavy atom. The summed E-state index contributed by atoms with van der Waals surface area (Å²) < 4.78 is 0. The van der Waals surface area contributed by atoms with Crippen molar-refractivity contribution in [2.75, 3.05) is 25.5 Å². The van der Waals surface area contributed by atoms with Gasteiger partial charge in [-0.05, 0) is 23.6 Å². The molecule has 1 fully saturated rings. The minimum absolute atomic E-state index is 0.0140. The van der Waals surface area contributed by atoms with Crippen LogP contribution in [0.1, 0.15) is 17.3 Å². The summed E-state index contributed by atoms with van der Waals surface area (Å²) >= 11 is 1.58. The minimum Gasteiger partial charge on any atom is -0.368 e. The molecule has 0 radical (unpaired) electrons. The lowest BCUT2D eigenvalue weighted by molar-refractivity contribution is -0.128. The summed E-state index contributed by atoms with van der Waals surface area (Å²) in [6.07, 6.45) is 1.98. The zero-order valence-corrected chi connectivity index (χ0v) is 14.3. The first-order chi connectivity index (χ1) is 11.7. The summed E-state index contributed by atoms with van der Waals surface area (Å²) in [6, 6.07) is 9.39. The van der Waals surface area contributed by atoms with Gasteiger partial charge in [0.15, 0.2) is 0 Å². The van der Waals surface area contributed by atoms with Crippen molar-refractivity contribution in [3.05, 3.63) is 46.8 Å². The summed E-state index contributed by atoms with van der Waals surface area (Å²) in [4.78, 5) is 31.5. The monoisotopic (exact) mass is 344 g/mol. The van der Waals surface area contributed by atoms with Crippen LogP contribution in [0.3, 0.4) is 0 Å². The van der Waals surface area contributed by atoms with Gasteiger partial charge in [0.25, 0.3) is 0 Å². The number of aromatic nitrogens is 1. The number of thiophene rings is 1. The number of hydrogen-bond acceptors (Lipinski definition) is 5. The molecule has 1 aliphatic rings. The summed E-state index contributed by atoms with van der Waals surface area (Å²) in [5, 5.41) is 8.04. The molecule has 0 aliphatic carbocycles. The smallest absolute Gasteiger partial charge is 0.226 e. The standard InChI is InChI=1S/C17H20N4O2S/c1-21-15(22)11-12(16(21)13-5-4-10-24-13)17(23)20-9-8-19-14-6-2-3-7-18-14/h2-7,10,12,16H,8-9,11H2,1H3,(H,18,19)(H,20,23). The van der Waals surface area contributed by atoms with Gasteiger partial charge in [-0.15, -0.1) is 11.3 Å². The van der Waals surface area contributed by atoms with Crippen molar-refractivity contribution in [3.63, 3.8) is 0 Å². The van der Waals surface area contributed by atoms with Gasteiger partial charge in [-0.1, -0.05) is 12.1 Å². The maximum absolute atomic E-state index is 12.5. The summed E-state index contributed by atoms with van der Waals surface area (Å²) in [6.45, 7) is 1.07. The van der Waals surface area contributed by atoms with E-state index in [0.717, 1.165) is 10.7 Å². The molecule has 6 nitrogen and oxygen atoms in total. The molecule has 2 N–H and O–H groups in total. The van der Waals surface area contributed by atoms with E-state index in [1.165, 1.54) is 0 Å². The Labute approximate surface area is 144 Å². The molecule has 2 amide bonds. The first-order valence-electron chi connectivity index (χ1n) is 7.88. The van der Waals surface area contributed by atoms with Crippen LogP contribution >= 0.6 is 11.3 Å². The number of anilines is 1. The van der Waals surface area contributed by atoms with E-state index >= 15 is 0 Å². The second kappa shape index (κ2) is 7.44. The number of nitrogens with zero attached hydrogens (tertiary/aromatic N) is 2. The average molecular weight is 344 g/mol. The van der Waals surface area contributed by atoms with E-state index in [2.05, 4.69) is 15.6 Å². The minimum atomic E-state index is -0.337. The van der Waals surface area contributed by atoms with Gasteiger partial charge in [0.05, 0.1) is 12.0 Å². The summed E-state index contributed by atoms with van der Waals surface area (Å²) in [5.74, 6) is 0.379. The van der Waals surface area contributed by atoms with Crippen molar-refractivity contribution >= 4 is 29.0 Å². The van der Waals surface area contributed by atoms with E-state index in [1.54, 1.807) is 29.5 Å². The van der Waals surface area contributed by atoms with Crippen molar-refractivity contribution in [3.8, 4) is 0 Å². The SMILES string of the molecule is CN1C(=O)CC(C(=O)NCCNc2ccccn2)C1c1cccs1. The van der Waals surface area contributed by atoms with Crippen LogP contribution in [-0.4, -0.2) is 41.8 Å². The predicted molar refractivity (Wildman–Crippen MR) is 93.7 cm³/mol. The van der Waals surface area contributed by atoms with Crippen LogP contribution in [0.4, 0.5) is 5.82 Å². The fourth-order valence-electron chi connectivity index (χ4n) is 2.93. The molecule has 0 aromatic carbocycles. The molecule has 2 unspecified atom stereocenters.